The molecular formula is C17H18N4O2S2. The molecule has 25 heavy (non-hydrogen) atoms. The van der Waals surface area contributed by atoms with Gasteiger partial charge in [0.1, 0.15) is 0 Å². The van der Waals surface area contributed by atoms with Crippen LogP contribution in [0, 0.1) is 13.8 Å². The second kappa shape index (κ2) is 7.37. The molecule has 0 saturated heterocycles. The van der Waals surface area contributed by atoms with Gasteiger partial charge < -0.3 is 0 Å². The SMILES string of the molecule is Cc1ccc(C)c(S(=O)(=O)CCSc2nnnn2-c2ccccc2)c1. The van der Waals surface area contributed by atoms with Gasteiger partial charge in [-0.05, 0) is 53.6 Å². The Balaban J connectivity index is 1.72. The Labute approximate surface area is 151 Å². The fourth-order valence-electron chi connectivity index (χ4n) is 2.40. The van der Waals surface area contributed by atoms with Gasteiger partial charge in [-0.3, -0.25) is 0 Å². The maximum Gasteiger partial charge on any atom is 0.214 e. The zero-order chi connectivity index (χ0) is 17.9. The van der Waals surface area contributed by atoms with Crippen LogP contribution in [0.15, 0.2) is 58.6 Å². The Morgan fingerprint density at radius 3 is 2.60 bits per heavy atom. The molecule has 3 rings (SSSR count). The van der Waals surface area contributed by atoms with Crippen LogP contribution in [0.1, 0.15) is 11.1 Å². The lowest BCUT2D eigenvalue weighted by Gasteiger charge is -2.08. The maximum absolute atomic E-state index is 12.6. The lowest BCUT2D eigenvalue weighted by atomic mass is 10.2. The van der Waals surface area contributed by atoms with E-state index < -0.39 is 9.84 Å². The van der Waals surface area contributed by atoms with Crippen LogP contribution in [0.5, 0.6) is 0 Å². The number of sulfone groups is 1. The summed E-state index contributed by atoms with van der Waals surface area (Å²) < 4.78 is 26.8. The molecule has 130 valence electrons. The largest absolute Gasteiger partial charge is 0.224 e. The Hall–Kier alpha value is -2.19. The molecule has 8 heteroatoms. The molecule has 0 radical (unpaired) electrons. The molecule has 0 atom stereocenters. The van der Waals surface area contributed by atoms with Gasteiger partial charge in [-0.2, -0.15) is 4.68 Å². The normalized spacial score (nSPS) is 11.6. The molecule has 3 aromatic rings. The lowest BCUT2D eigenvalue weighted by Crippen LogP contribution is -2.11. The van der Waals surface area contributed by atoms with E-state index in [0.29, 0.717) is 15.8 Å². The predicted octanol–water partition coefficient (Wildman–Crippen LogP) is 2.85. The van der Waals surface area contributed by atoms with Gasteiger partial charge in [0.15, 0.2) is 9.84 Å². The highest BCUT2D eigenvalue weighted by atomic mass is 32.2. The second-order valence-corrected chi connectivity index (χ2v) is 8.78. The summed E-state index contributed by atoms with van der Waals surface area (Å²) in [4.78, 5) is 0.399. The first-order valence-electron chi connectivity index (χ1n) is 7.74. The van der Waals surface area contributed by atoms with E-state index in [1.54, 1.807) is 10.7 Å². The molecule has 2 aromatic carbocycles. The smallest absolute Gasteiger partial charge is 0.214 e. The fraction of sp³-hybridized carbons (Fsp3) is 0.235. The molecular weight excluding hydrogens is 356 g/mol. The van der Waals surface area contributed by atoms with E-state index in [1.807, 2.05) is 56.3 Å². The quantitative estimate of drug-likeness (QED) is 0.618. The minimum atomic E-state index is -3.34. The van der Waals surface area contributed by atoms with Crippen LogP contribution in [0.4, 0.5) is 0 Å². The van der Waals surface area contributed by atoms with E-state index >= 15 is 0 Å². The summed E-state index contributed by atoms with van der Waals surface area (Å²) in [5, 5.41) is 12.2. The number of aromatic nitrogens is 4. The zero-order valence-corrected chi connectivity index (χ0v) is 15.6. The van der Waals surface area contributed by atoms with Gasteiger partial charge >= 0.3 is 0 Å². The van der Waals surface area contributed by atoms with Crippen LogP contribution in [-0.2, 0) is 9.84 Å². The summed E-state index contributed by atoms with van der Waals surface area (Å²) in [5.41, 5.74) is 2.54. The highest BCUT2D eigenvalue weighted by Crippen LogP contribution is 2.22. The van der Waals surface area contributed by atoms with Gasteiger partial charge in [0, 0.05) is 5.75 Å². The number of para-hydroxylation sites is 1. The topological polar surface area (TPSA) is 77.7 Å². The Morgan fingerprint density at radius 2 is 1.84 bits per heavy atom. The monoisotopic (exact) mass is 374 g/mol. The Kier molecular flexibility index (Phi) is 5.19. The third-order valence-electron chi connectivity index (χ3n) is 3.70. The van der Waals surface area contributed by atoms with Gasteiger partial charge in [0.2, 0.25) is 5.16 Å². The maximum atomic E-state index is 12.6. The minimum absolute atomic E-state index is 0.0314. The van der Waals surface area contributed by atoms with Crippen LogP contribution in [0.25, 0.3) is 5.69 Å². The molecule has 0 aliphatic carbocycles. The Morgan fingerprint density at radius 1 is 1.08 bits per heavy atom. The van der Waals surface area contributed by atoms with Crippen LogP contribution < -0.4 is 0 Å². The van der Waals surface area contributed by atoms with Crippen molar-refractivity contribution in [2.45, 2.75) is 23.9 Å². The highest BCUT2D eigenvalue weighted by Gasteiger charge is 2.18. The van der Waals surface area contributed by atoms with Crippen molar-refractivity contribution in [1.29, 1.82) is 0 Å². The van der Waals surface area contributed by atoms with Crippen molar-refractivity contribution in [3.8, 4) is 5.69 Å². The van der Waals surface area contributed by atoms with Crippen molar-refractivity contribution in [2.24, 2.45) is 0 Å². The number of aryl methyl sites for hydroxylation is 2. The molecule has 0 N–H and O–H groups in total. The molecule has 1 aromatic heterocycles. The van der Waals surface area contributed by atoms with Gasteiger partial charge in [-0.15, -0.1) is 5.10 Å². The molecule has 0 amide bonds. The highest BCUT2D eigenvalue weighted by molar-refractivity contribution is 8.00. The minimum Gasteiger partial charge on any atom is -0.224 e. The Bertz CT molecular complexity index is 969. The molecule has 0 fully saturated rings. The van der Waals surface area contributed by atoms with Gasteiger partial charge in [0.25, 0.3) is 0 Å². The fourth-order valence-corrected chi connectivity index (χ4v) is 5.29. The van der Waals surface area contributed by atoms with Crippen molar-refractivity contribution in [2.75, 3.05) is 11.5 Å². The number of benzene rings is 2. The summed E-state index contributed by atoms with van der Waals surface area (Å²) >= 11 is 1.33. The number of hydrogen-bond donors (Lipinski definition) is 0. The van der Waals surface area contributed by atoms with Crippen LogP contribution in [0.2, 0.25) is 0 Å². The van der Waals surface area contributed by atoms with Crippen LogP contribution in [0.3, 0.4) is 0 Å². The van der Waals surface area contributed by atoms with E-state index in [-0.39, 0.29) is 5.75 Å². The summed E-state index contributed by atoms with van der Waals surface area (Å²) in [7, 11) is -3.34. The number of hydrogen-bond acceptors (Lipinski definition) is 6. The summed E-state index contributed by atoms with van der Waals surface area (Å²) in [5.74, 6) is 0.409. The summed E-state index contributed by atoms with van der Waals surface area (Å²) in [6.45, 7) is 3.70. The number of tetrazole rings is 1. The van der Waals surface area contributed by atoms with Crippen LogP contribution in [-0.4, -0.2) is 40.1 Å². The van der Waals surface area contributed by atoms with Crippen LogP contribution >= 0.6 is 11.8 Å². The third-order valence-corrected chi connectivity index (χ3v) is 6.73. The van der Waals surface area contributed by atoms with Gasteiger partial charge in [0.05, 0.1) is 16.3 Å². The average Bonchev–Trinajstić information content (AvgIpc) is 3.06. The predicted molar refractivity (Wildman–Crippen MR) is 97.8 cm³/mol. The molecule has 0 unspecified atom stereocenters. The van der Waals surface area contributed by atoms with E-state index in [9.17, 15) is 8.42 Å². The number of rotatable bonds is 6. The van der Waals surface area contributed by atoms with E-state index in [2.05, 4.69) is 15.5 Å². The first-order valence-corrected chi connectivity index (χ1v) is 10.4. The molecule has 0 aliphatic heterocycles. The van der Waals surface area contributed by atoms with Crippen molar-refractivity contribution in [1.82, 2.24) is 20.2 Å². The van der Waals surface area contributed by atoms with Crippen molar-refractivity contribution >= 4 is 21.6 Å². The molecule has 0 aliphatic rings. The third kappa shape index (κ3) is 4.08. The number of nitrogens with zero attached hydrogens (tertiary/aromatic N) is 4. The van der Waals surface area contributed by atoms with Crippen molar-refractivity contribution in [3.63, 3.8) is 0 Å². The van der Waals surface area contributed by atoms with Gasteiger partial charge in [-0.1, -0.05) is 42.1 Å². The van der Waals surface area contributed by atoms with Crippen molar-refractivity contribution < 1.29 is 8.42 Å². The number of thioether (sulfide) groups is 1. The lowest BCUT2D eigenvalue weighted by molar-refractivity contribution is 0.597. The second-order valence-electron chi connectivity index (χ2n) is 5.65. The molecule has 6 nitrogen and oxygen atoms in total. The first kappa shape index (κ1) is 17.6. The summed E-state index contributed by atoms with van der Waals surface area (Å²) in [6, 6.07) is 15.0. The first-order chi connectivity index (χ1) is 12.0. The van der Waals surface area contributed by atoms with E-state index in [4.69, 9.17) is 0 Å². The molecule has 0 bridgehead atoms. The standard InChI is InChI=1S/C17H18N4O2S2/c1-13-8-9-14(2)16(12-13)25(22,23)11-10-24-17-18-19-20-21(17)15-6-4-3-5-7-15/h3-9,12H,10-11H2,1-2H3. The van der Waals surface area contributed by atoms with Gasteiger partial charge in [-0.25, -0.2) is 8.42 Å². The molecule has 0 spiro atoms. The zero-order valence-electron chi connectivity index (χ0n) is 14.0. The average molecular weight is 374 g/mol. The van der Waals surface area contributed by atoms with E-state index in [0.717, 1.165) is 16.8 Å². The van der Waals surface area contributed by atoms with Crippen molar-refractivity contribution in [3.05, 3.63) is 59.7 Å². The summed E-state index contributed by atoms with van der Waals surface area (Å²) in [6.07, 6.45) is 0. The van der Waals surface area contributed by atoms with E-state index in [1.165, 1.54) is 11.8 Å². The molecule has 1 heterocycles. The molecule has 0 saturated carbocycles.